The summed E-state index contributed by atoms with van der Waals surface area (Å²) >= 11 is 0. The molecule has 1 aromatic rings. The Balaban J connectivity index is 2.61. The number of hydrogen-bond acceptors (Lipinski definition) is 3. The van der Waals surface area contributed by atoms with Gasteiger partial charge in [-0.05, 0) is 0 Å². The minimum absolute atomic E-state index is 0.0107. The van der Waals surface area contributed by atoms with Crippen LogP contribution in [0.4, 0.5) is 0 Å². The molecule has 1 aromatic heterocycles. The zero-order chi connectivity index (χ0) is 6.69. The van der Waals surface area contributed by atoms with E-state index in [2.05, 4.69) is 4.98 Å². The number of aromatic nitrogens is 2. The average Bonchev–Trinajstić information content (AvgIpc) is 2.17. The van der Waals surface area contributed by atoms with E-state index in [0.29, 0.717) is 6.54 Å². The third-order valence-electron chi connectivity index (χ3n) is 0.978. The third-order valence-corrected chi connectivity index (χ3v) is 0.978. The number of aliphatic hydroxyl groups excluding tert-OH is 1. The van der Waals surface area contributed by atoms with Crippen LogP contribution in [-0.4, -0.2) is 26.4 Å². The van der Waals surface area contributed by atoms with Gasteiger partial charge >= 0.3 is 0 Å². The Bertz CT molecular complexity index is 185. The Labute approximate surface area is 52.4 Å². The Morgan fingerprint density at radius 1 is 1.67 bits per heavy atom. The Hall–Kier alpha value is -1.03. The van der Waals surface area contributed by atoms with Gasteiger partial charge in [0.15, 0.2) is 0 Å². The van der Waals surface area contributed by atoms with Crippen molar-refractivity contribution in [2.75, 3.05) is 6.61 Å². The van der Waals surface area contributed by atoms with Crippen LogP contribution in [0.25, 0.3) is 0 Å². The van der Waals surface area contributed by atoms with Crippen molar-refractivity contribution in [3.8, 4) is 5.88 Å². The van der Waals surface area contributed by atoms with E-state index in [9.17, 15) is 0 Å². The largest absolute Gasteiger partial charge is 0.492 e. The molecule has 0 aliphatic heterocycles. The summed E-state index contributed by atoms with van der Waals surface area (Å²) in [5, 5.41) is 17.1. The predicted octanol–water partition coefficient (Wildman–Crippen LogP) is -0.419. The van der Waals surface area contributed by atoms with Crippen LogP contribution in [0.15, 0.2) is 12.5 Å². The highest BCUT2D eigenvalue weighted by molar-refractivity contribution is 4.99. The number of imidazole rings is 1. The van der Waals surface area contributed by atoms with E-state index in [1.807, 2.05) is 0 Å². The molecule has 0 saturated heterocycles. The van der Waals surface area contributed by atoms with Crippen molar-refractivity contribution in [2.45, 2.75) is 6.54 Å². The van der Waals surface area contributed by atoms with Gasteiger partial charge in [0.2, 0.25) is 5.88 Å². The first kappa shape index (κ1) is 6.10. The highest BCUT2D eigenvalue weighted by atomic mass is 16.3. The lowest BCUT2D eigenvalue weighted by Gasteiger charge is -1.92. The standard InChI is InChI=1S/C5H8N2O2/c8-2-1-7-3-5(9)6-4-7/h3-4,8-9H,1-2H2. The van der Waals surface area contributed by atoms with Gasteiger partial charge in [0, 0.05) is 6.54 Å². The minimum Gasteiger partial charge on any atom is -0.492 e. The van der Waals surface area contributed by atoms with Gasteiger partial charge < -0.3 is 14.8 Å². The second-order valence-electron chi connectivity index (χ2n) is 1.69. The van der Waals surface area contributed by atoms with Crippen molar-refractivity contribution in [3.05, 3.63) is 12.5 Å². The lowest BCUT2D eigenvalue weighted by molar-refractivity contribution is 0.276. The summed E-state index contributed by atoms with van der Waals surface area (Å²) in [5.41, 5.74) is 0. The maximum atomic E-state index is 8.67. The quantitative estimate of drug-likeness (QED) is 0.568. The van der Waals surface area contributed by atoms with Gasteiger partial charge in [-0.1, -0.05) is 0 Å². The van der Waals surface area contributed by atoms with Gasteiger partial charge in [-0.3, -0.25) is 0 Å². The Morgan fingerprint density at radius 3 is 2.89 bits per heavy atom. The number of rotatable bonds is 2. The molecule has 0 fully saturated rings. The lowest BCUT2D eigenvalue weighted by Crippen LogP contribution is -1.97. The summed E-state index contributed by atoms with van der Waals surface area (Å²) in [6, 6.07) is 0. The summed E-state index contributed by atoms with van der Waals surface area (Å²) in [5.74, 6) is -0.0107. The summed E-state index contributed by atoms with van der Waals surface area (Å²) in [4.78, 5) is 3.54. The molecular formula is C5H8N2O2. The predicted molar refractivity (Wildman–Crippen MR) is 31.0 cm³/mol. The average molecular weight is 128 g/mol. The van der Waals surface area contributed by atoms with Gasteiger partial charge in [-0.15, -0.1) is 0 Å². The van der Waals surface area contributed by atoms with Crippen LogP contribution in [0.5, 0.6) is 5.88 Å². The molecular weight excluding hydrogens is 120 g/mol. The van der Waals surface area contributed by atoms with Crippen LogP contribution in [-0.2, 0) is 6.54 Å². The summed E-state index contributed by atoms with van der Waals surface area (Å²) < 4.78 is 1.61. The highest BCUT2D eigenvalue weighted by Crippen LogP contribution is 2.00. The SMILES string of the molecule is OCCn1cnc(O)c1. The molecule has 0 unspecified atom stereocenters. The van der Waals surface area contributed by atoms with E-state index in [-0.39, 0.29) is 12.5 Å². The number of nitrogens with zero attached hydrogens (tertiary/aromatic N) is 2. The van der Waals surface area contributed by atoms with Crippen molar-refractivity contribution in [1.29, 1.82) is 0 Å². The fraction of sp³-hybridized carbons (Fsp3) is 0.400. The number of aliphatic hydroxyl groups is 1. The van der Waals surface area contributed by atoms with E-state index in [0.717, 1.165) is 0 Å². The van der Waals surface area contributed by atoms with Gasteiger partial charge in [-0.25, -0.2) is 4.98 Å². The smallest absolute Gasteiger partial charge is 0.229 e. The molecule has 0 atom stereocenters. The van der Waals surface area contributed by atoms with E-state index >= 15 is 0 Å². The number of hydrogen-bond donors (Lipinski definition) is 2. The molecule has 50 valence electrons. The maximum absolute atomic E-state index is 8.67. The monoisotopic (exact) mass is 128 g/mol. The van der Waals surface area contributed by atoms with Gasteiger partial charge in [0.1, 0.15) is 0 Å². The normalized spacial score (nSPS) is 9.89. The highest BCUT2D eigenvalue weighted by Gasteiger charge is 1.91. The fourth-order valence-electron chi connectivity index (χ4n) is 0.586. The molecule has 0 bridgehead atoms. The first-order chi connectivity index (χ1) is 4.33. The maximum Gasteiger partial charge on any atom is 0.229 e. The summed E-state index contributed by atoms with van der Waals surface area (Å²) in [6.45, 7) is 0.545. The van der Waals surface area contributed by atoms with E-state index in [1.165, 1.54) is 12.5 Å². The van der Waals surface area contributed by atoms with Gasteiger partial charge in [0.25, 0.3) is 0 Å². The molecule has 4 heteroatoms. The Morgan fingerprint density at radius 2 is 2.44 bits per heavy atom. The number of aromatic hydroxyl groups is 1. The van der Waals surface area contributed by atoms with E-state index in [1.54, 1.807) is 4.57 Å². The molecule has 0 aliphatic carbocycles. The molecule has 4 nitrogen and oxygen atoms in total. The molecule has 0 saturated carbocycles. The molecule has 0 aliphatic rings. The lowest BCUT2D eigenvalue weighted by atomic mass is 10.7. The zero-order valence-corrected chi connectivity index (χ0v) is 4.86. The molecule has 0 radical (unpaired) electrons. The minimum atomic E-state index is -0.0107. The van der Waals surface area contributed by atoms with Crippen LogP contribution >= 0.6 is 0 Å². The van der Waals surface area contributed by atoms with Gasteiger partial charge in [-0.2, -0.15) is 0 Å². The van der Waals surface area contributed by atoms with Crippen LogP contribution < -0.4 is 0 Å². The van der Waals surface area contributed by atoms with Crippen LogP contribution in [0.2, 0.25) is 0 Å². The molecule has 0 spiro atoms. The molecule has 0 amide bonds. The van der Waals surface area contributed by atoms with E-state index in [4.69, 9.17) is 10.2 Å². The van der Waals surface area contributed by atoms with Crippen LogP contribution in [0, 0.1) is 0 Å². The van der Waals surface area contributed by atoms with Gasteiger partial charge in [0.05, 0.1) is 19.1 Å². The first-order valence-corrected chi connectivity index (χ1v) is 2.64. The second-order valence-corrected chi connectivity index (χ2v) is 1.69. The zero-order valence-electron chi connectivity index (χ0n) is 4.86. The summed E-state index contributed by atoms with van der Waals surface area (Å²) in [6.07, 6.45) is 2.92. The topological polar surface area (TPSA) is 58.3 Å². The molecule has 1 heterocycles. The van der Waals surface area contributed by atoms with Crippen molar-refractivity contribution >= 4 is 0 Å². The van der Waals surface area contributed by atoms with Crippen molar-refractivity contribution in [2.24, 2.45) is 0 Å². The Kier molecular flexibility index (Phi) is 1.69. The summed E-state index contributed by atoms with van der Waals surface area (Å²) in [7, 11) is 0. The van der Waals surface area contributed by atoms with Crippen molar-refractivity contribution in [3.63, 3.8) is 0 Å². The first-order valence-electron chi connectivity index (χ1n) is 2.64. The molecule has 0 aromatic carbocycles. The van der Waals surface area contributed by atoms with E-state index < -0.39 is 0 Å². The fourth-order valence-corrected chi connectivity index (χ4v) is 0.586. The molecule has 9 heavy (non-hydrogen) atoms. The van der Waals surface area contributed by atoms with Crippen molar-refractivity contribution in [1.82, 2.24) is 9.55 Å². The third kappa shape index (κ3) is 1.43. The molecule has 1 rings (SSSR count). The van der Waals surface area contributed by atoms with Crippen molar-refractivity contribution < 1.29 is 10.2 Å². The second kappa shape index (κ2) is 2.50. The molecule has 2 N–H and O–H groups in total. The van der Waals surface area contributed by atoms with Crippen LogP contribution in [0.3, 0.4) is 0 Å². The van der Waals surface area contributed by atoms with Crippen LogP contribution in [0.1, 0.15) is 0 Å².